The summed E-state index contributed by atoms with van der Waals surface area (Å²) in [7, 11) is 0. The van der Waals surface area contributed by atoms with Crippen molar-refractivity contribution < 1.29 is 0 Å². The average molecular weight is 226 g/mol. The lowest BCUT2D eigenvalue weighted by atomic mass is 9.78. The summed E-state index contributed by atoms with van der Waals surface area (Å²) < 4.78 is 0.927. The van der Waals surface area contributed by atoms with E-state index in [1.165, 1.54) is 38.2 Å². The van der Waals surface area contributed by atoms with Crippen LogP contribution in [-0.2, 0) is 0 Å². The van der Waals surface area contributed by atoms with Gasteiger partial charge in [0.1, 0.15) is 0 Å². The van der Waals surface area contributed by atoms with Gasteiger partial charge in [0, 0.05) is 23.5 Å². The first-order valence-electron chi connectivity index (χ1n) is 5.23. The normalized spacial score (nSPS) is 36.1. The summed E-state index contributed by atoms with van der Waals surface area (Å²) in [6.45, 7) is 3.87. The van der Waals surface area contributed by atoms with Crippen LogP contribution in [0, 0.1) is 9.87 Å². The van der Waals surface area contributed by atoms with Crippen LogP contribution in [-0.4, -0.2) is 29.5 Å². The smallest absolute Gasteiger partial charge is 0.158 e. The van der Waals surface area contributed by atoms with Crippen LogP contribution in [0.25, 0.3) is 0 Å². The maximum absolute atomic E-state index is 5.14. The molecule has 0 aromatic carbocycles. The Bertz CT molecular complexity index is 373. The fraction of sp³-hybridized carbons (Fsp3) is 0.700. The molecule has 0 aliphatic carbocycles. The lowest BCUT2D eigenvalue weighted by Crippen LogP contribution is -2.46. The molecule has 0 saturated carbocycles. The van der Waals surface area contributed by atoms with Crippen molar-refractivity contribution in [3.63, 3.8) is 0 Å². The predicted octanol–water partition coefficient (Wildman–Crippen LogP) is 2.61. The van der Waals surface area contributed by atoms with Crippen LogP contribution in [0.4, 0.5) is 0 Å². The molecule has 0 amide bonds. The van der Waals surface area contributed by atoms with Crippen LogP contribution in [0.3, 0.4) is 0 Å². The number of hydrogen-bond acceptors (Lipinski definition) is 3. The third-order valence-corrected chi connectivity index (χ3v) is 4.67. The Kier molecular flexibility index (Phi) is 2.22. The van der Waals surface area contributed by atoms with Crippen LogP contribution in [0.1, 0.15) is 24.5 Å². The van der Waals surface area contributed by atoms with Gasteiger partial charge in [0.25, 0.3) is 0 Å². The number of rotatable bonds is 1. The van der Waals surface area contributed by atoms with Gasteiger partial charge in [-0.2, -0.15) is 0 Å². The first-order valence-corrected chi connectivity index (χ1v) is 6.52. The Morgan fingerprint density at radius 1 is 1.43 bits per heavy atom. The minimum Gasteiger partial charge on any atom is -0.341 e. The molecule has 0 radical (unpaired) electrons. The van der Waals surface area contributed by atoms with E-state index in [9.17, 15) is 0 Å². The van der Waals surface area contributed by atoms with Gasteiger partial charge in [-0.15, -0.1) is 11.3 Å². The lowest BCUT2D eigenvalue weighted by molar-refractivity contribution is 0.0856. The summed E-state index contributed by atoms with van der Waals surface area (Å²) in [6.07, 6.45) is 2.75. The van der Waals surface area contributed by atoms with E-state index in [0.29, 0.717) is 0 Å². The highest BCUT2D eigenvalue weighted by atomic mass is 32.1. The maximum atomic E-state index is 5.14. The average Bonchev–Trinajstić information content (AvgIpc) is 2.66. The number of hydrogen-bond donors (Lipinski definition) is 1. The molecule has 1 atom stereocenters. The molecule has 1 aromatic heterocycles. The Morgan fingerprint density at radius 3 is 2.71 bits per heavy atom. The van der Waals surface area contributed by atoms with Gasteiger partial charge < -0.3 is 9.88 Å². The molecule has 3 aliphatic rings. The molecular weight excluding hydrogens is 212 g/mol. The van der Waals surface area contributed by atoms with Gasteiger partial charge in [0.15, 0.2) is 3.95 Å². The topological polar surface area (TPSA) is 19.0 Å². The van der Waals surface area contributed by atoms with Gasteiger partial charge in [-0.25, -0.2) is 0 Å². The zero-order valence-electron chi connectivity index (χ0n) is 8.03. The summed E-state index contributed by atoms with van der Waals surface area (Å²) in [4.78, 5) is 5.92. The van der Waals surface area contributed by atoms with Crippen LogP contribution in [0.15, 0.2) is 5.38 Å². The molecule has 4 heteroatoms. The molecule has 2 nitrogen and oxygen atoms in total. The molecule has 3 saturated heterocycles. The Balaban J connectivity index is 1.89. The summed E-state index contributed by atoms with van der Waals surface area (Å²) in [5.41, 5.74) is 1.38. The van der Waals surface area contributed by atoms with Crippen molar-refractivity contribution in [3.8, 4) is 0 Å². The largest absolute Gasteiger partial charge is 0.341 e. The highest BCUT2D eigenvalue weighted by Gasteiger charge is 2.35. The van der Waals surface area contributed by atoms with E-state index in [1.54, 1.807) is 11.3 Å². The molecule has 2 bridgehead atoms. The van der Waals surface area contributed by atoms with Crippen LogP contribution in [0.5, 0.6) is 0 Å². The SMILES string of the molecule is S=c1[nH]c(C2CN3CCC2CC3)cs1. The van der Waals surface area contributed by atoms with E-state index in [2.05, 4.69) is 15.3 Å². The molecule has 1 unspecified atom stereocenters. The molecule has 4 rings (SSSR count). The van der Waals surface area contributed by atoms with Gasteiger partial charge in [-0.05, 0) is 44.1 Å². The second kappa shape index (κ2) is 3.43. The van der Waals surface area contributed by atoms with Crippen LogP contribution in [0.2, 0.25) is 0 Å². The molecule has 76 valence electrons. The van der Waals surface area contributed by atoms with E-state index >= 15 is 0 Å². The highest BCUT2D eigenvalue weighted by Crippen LogP contribution is 2.38. The van der Waals surface area contributed by atoms with Crippen molar-refractivity contribution in [2.24, 2.45) is 5.92 Å². The quantitative estimate of drug-likeness (QED) is 0.742. The number of piperidine rings is 3. The van der Waals surface area contributed by atoms with Gasteiger partial charge in [-0.1, -0.05) is 0 Å². The molecular formula is C10H14N2S2. The van der Waals surface area contributed by atoms with Crippen LogP contribution >= 0.6 is 23.6 Å². The summed E-state index contributed by atoms with van der Waals surface area (Å²) in [5, 5.41) is 2.22. The number of aromatic nitrogens is 1. The van der Waals surface area contributed by atoms with Gasteiger partial charge in [0.2, 0.25) is 0 Å². The van der Waals surface area contributed by atoms with Crippen molar-refractivity contribution >= 4 is 23.6 Å². The zero-order chi connectivity index (χ0) is 9.54. The van der Waals surface area contributed by atoms with Gasteiger partial charge in [0.05, 0.1) is 0 Å². The Morgan fingerprint density at radius 2 is 2.21 bits per heavy atom. The Hall–Kier alpha value is -0.190. The zero-order valence-corrected chi connectivity index (χ0v) is 9.66. The molecule has 14 heavy (non-hydrogen) atoms. The number of nitrogens with one attached hydrogen (secondary N) is 1. The minimum atomic E-state index is 0.727. The van der Waals surface area contributed by atoms with Crippen LogP contribution < -0.4 is 0 Å². The van der Waals surface area contributed by atoms with E-state index in [1.807, 2.05) is 0 Å². The number of fused-ring (bicyclic) bond motifs is 3. The second-order valence-corrected chi connectivity index (χ2v) is 5.89. The highest BCUT2D eigenvalue weighted by molar-refractivity contribution is 7.73. The van der Waals surface area contributed by atoms with E-state index < -0.39 is 0 Å². The van der Waals surface area contributed by atoms with Crippen molar-refractivity contribution in [3.05, 3.63) is 15.0 Å². The predicted molar refractivity (Wildman–Crippen MR) is 61.4 cm³/mol. The number of aromatic amines is 1. The Labute approximate surface area is 93.0 Å². The van der Waals surface area contributed by atoms with Crippen molar-refractivity contribution in [2.45, 2.75) is 18.8 Å². The third kappa shape index (κ3) is 1.45. The minimum absolute atomic E-state index is 0.727. The van der Waals surface area contributed by atoms with Crippen molar-refractivity contribution in [1.29, 1.82) is 0 Å². The first-order chi connectivity index (χ1) is 6.83. The molecule has 3 fully saturated rings. The molecule has 1 aromatic rings. The fourth-order valence-corrected chi connectivity index (χ4v) is 3.70. The van der Waals surface area contributed by atoms with Crippen molar-refractivity contribution in [1.82, 2.24) is 9.88 Å². The summed E-state index contributed by atoms with van der Waals surface area (Å²) in [5.74, 6) is 1.63. The third-order valence-electron chi connectivity index (χ3n) is 3.59. The molecule has 0 spiro atoms. The summed E-state index contributed by atoms with van der Waals surface area (Å²) in [6, 6.07) is 0. The molecule has 4 heterocycles. The molecule has 1 N–H and O–H groups in total. The number of thiazole rings is 1. The fourth-order valence-electron chi connectivity index (χ4n) is 2.79. The summed E-state index contributed by atoms with van der Waals surface area (Å²) >= 11 is 6.80. The number of nitrogens with zero attached hydrogens (tertiary/aromatic N) is 1. The van der Waals surface area contributed by atoms with E-state index in [4.69, 9.17) is 12.2 Å². The standard InChI is InChI=1S/C10H14N2S2/c13-10-11-9(6-14-10)8-5-12-3-1-7(8)2-4-12/h6-8H,1-5H2,(H,11,13). The first kappa shape index (κ1) is 9.07. The van der Waals surface area contributed by atoms with Gasteiger partial charge >= 0.3 is 0 Å². The monoisotopic (exact) mass is 226 g/mol. The second-order valence-electron chi connectivity index (χ2n) is 4.35. The van der Waals surface area contributed by atoms with Crippen molar-refractivity contribution in [2.75, 3.05) is 19.6 Å². The number of H-pyrrole nitrogens is 1. The van der Waals surface area contributed by atoms with E-state index in [-0.39, 0.29) is 0 Å². The molecule has 3 aliphatic heterocycles. The van der Waals surface area contributed by atoms with E-state index in [0.717, 1.165) is 15.8 Å². The lowest BCUT2D eigenvalue weighted by Gasteiger charge is -2.44. The van der Waals surface area contributed by atoms with Gasteiger partial charge in [-0.3, -0.25) is 0 Å². The maximum Gasteiger partial charge on any atom is 0.158 e.